The Labute approximate surface area is 155 Å². The fraction of sp³-hybridized carbons (Fsp3) is 0.143. The minimum absolute atomic E-state index is 0.0840. The number of aromatic amines is 1. The van der Waals surface area contributed by atoms with Crippen molar-refractivity contribution in [3.8, 4) is 11.1 Å². The highest BCUT2D eigenvalue weighted by molar-refractivity contribution is 7.17. The van der Waals surface area contributed by atoms with E-state index in [1.165, 1.54) is 16.9 Å². The molecule has 2 aromatic carbocycles. The molecule has 0 fully saturated rings. The van der Waals surface area contributed by atoms with Gasteiger partial charge in [-0.25, -0.2) is 4.98 Å². The maximum atomic E-state index is 12.7. The molecule has 2 heterocycles. The third kappa shape index (κ3) is 3.31. The number of nitrogens with zero attached hydrogens (tertiary/aromatic N) is 1. The molecule has 4 nitrogen and oxygen atoms in total. The van der Waals surface area contributed by atoms with Crippen molar-refractivity contribution in [1.82, 2.24) is 15.3 Å². The van der Waals surface area contributed by atoms with Gasteiger partial charge in [-0.2, -0.15) is 0 Å². The van der Waals surface area contributed by atoms with E-state index in [0.29, 0.717) is 17.8 Å². The zero-order chi connectivity index (χ0) is 17.9. The standard InChI is InChI=1S/C21H19N3OS/c1-14(15-8-4-2-5-9-15)22-12-18-23-20(25)19-17(13-26-21(19)24-18)16-10-6-3-7-11-16/h2-11,13-14,22H,12H2,1H3,(H,23,24,25)/t14-/m1/s1. The number of rotatable bonds is 5. The van der Waals surface area contributed by atoms with E-state index in [-0.39, 0.29) is 11.6 Å². The van der Waals surface area contributed by atoms with Crippen molar-refractivity contribution < 1.29 is 0 Å². The van der Waals surface area contributed by atoms with E-state index in [9.17, 15) is 4.79 Å². The lowest BCUT2D eigenvalue weighted by Gasteiger charge is -2.13. The Kier molecular flexibility index (Phi) is 4.65. The van der Waals surface area contributed by atoms with E-state index in [1.54, 1.807) is 0 Å². The Morgan fingerprint density at radius 2 is 1.77 bits per heavy atom. The second-order valence-corrected chi connectivity index (χ2v) is 7.08. The number of thiophene rings is 1. The van der Waals surface area contributed by atoms with E-state index < -0.39 is 0 Å². The first-order chi connectivity index (χ1) is 12.7. The quantitative estimate of drug-likeness (QED) is 0.550. The van der Waals surface area contributed by atoms with Crippen LogP contribution in [0.25, 0.3) is 21.3 Å². The highest BCUT2D eigenvalue weighted by Gasteiger charge is 2.13. The second kappa shape index (κ2) is 7.23. The molecule has 2 N–H and O–H groups in total. The summed E-state index contributed by atoms with van der Waals surface area (Å²) in [6.45, 7) is 2.62. The monoisotopic (exact) mass is 361 g/mol. The first kappa shape index (κ1) is 16.7. The molecule has 0 amide bonds. The summed E-state index contributed by atoms with van der Waals surface area (Å²) in [5.41, 5.74) is 3.10. The van der Waals surface area contributed by atoms with Crippen LogP contribution in [-0.2, 0) is 6.54 Å². The van der Waals surface area contributed by atoms with Gasteiger partial charge in [0.25, 0.3) is 5.56 Å². The topological polar surface area (TPSA) is 57.8 Å². The van der Waals surface area contributed by atoms with Gasteiger partial charge in [0.15, 0.2) is 0 Å². The lowest BCUT2D eigenvalue weighted by molar-refractivity contribution is 0.559. The molecule has 26 heavy (non-hydrogen) atoms. The molecule has 4 rings (SSSR count). The SMILES string of the molecule is C[C@@H](NCc1nc2scc(-c3ccccc3)c2c(=O)[nH]1)c1ccccc1. The molecule has 2 aromatic heterocycles. The summed E-state index contributed by atoms with van der Waals surface area (Å²) < 4.78 is 0. The number of aromatic nitrogens is 2. The molecule has 130 valence electrons. The number of hydrogen-bond acceptors (Lipinski definition) is 4. The first-order valence-electron chi connectivity index (χ1n) is 8.56. The van der Waals surface area contributed by atoms with Gasteiger partial charge in [-0.1, -0.05) is 60.7 Å². The molecule has 0 radical (unpaired) electrons. The van der Waals surface area contributed by atoms with Gasteiger partial charge in [0.1, 0.15) is 10.7 Å². The molecule has 0 aliphatic heterocycles. The number of H-pyrrole nitrogens is 1. The van der Waals surface area contributed by atoms with E-state index in [2.05, 4.69) is 34.3 Å². The van der Waals surface area contributed by atoms with Crippen molar-refractivity contribution in [2.24, 2.45) is 0 Å². The number of nitrogens with one attached hydrogen (secondary N) is 2. The molecule has 0 saturated heterocycles. The summed E-state index contributed by atoms with van der Waals surface area (Å²) >= 11 is 1.51. The fourth-order valence-electron chi connectivity index (χ4n) is 3.02. The van der Waals surface area contributed by atoms with Gasteiger partial charge in [-0.15, -0.1) is 11.3 Å². The second-order valence-electron chi connectivity index (χ2n) is 6.22. The van der Waals surface area contributed by atoms with Gasteiger partial charge in [0.2, 0.25) is 0 Å². The minimum Gasteiger partial charge on any atom is -0.309 e. The Morgan fingerprint density at radius 1 is 1.08 bits per heavy atom. The zero-order valence-corrected chi connectivity index (χ0v) is 15.2. The summed E-state index contributed by atoms with van der Waals surface area (Å²) in [5.74, 6) is 0.659. The van der Waals surface area contributed by atoms with Crippen molar-refractivity contribution in [3.63, 3.8) is 0 Å². The maximum absolute atomic E-state index is 12.7. The average molecular weight is 361 g/mol. The van der Waals surface area contributed by atoms with Crippen LogP contribution in [0.4, 0.5) is 0 Å². The molecular weight excluding hydrogens is 342 g/mol. The molecule has 5 heteroatoms. The third-order valence-electron chi connectivity index (χ3n) is 4.45. The van der Waals surface area contributed by atoms with Crippen molar-refractivity contribution in [2.75, 3.05) is 0 Å². The van der Waals surface area contributed by atoms with Gasteiger partial charge < -0.3 is 10.3 Å². The summed E-state index contributed by atoms with van der Waals surface area (Å²) in [6.07, 6.45) is 0. The number of benzene rings is 2. The molecule has 1 atom stereocenters. The predicted octanol–water partition coefficient (Wildman–Crippen LogP) is 4.50. The van der Waals surface area contributed by atoms with Crippen LogP contribution in [0.5, 0.6) is 0 Å². The Balaban J connectivity index is 1.60. The zero-order valence-electron chi connectivity index (χ0n) is 14.4. The lowest BCUT2D eigenvalue weighted by atomic mass is 10.1. The molecule has 0 spiro atoms. The highest BCUT2D eigenvalue weighted by Crippen LogP contribution is 2.30. The summed E-state index contributed by atoms with van der Waals surface area (Å²) in [7, 11) is 0. The fourth-order valence-corrected chi connectivity index (χ4v) is 3.98. The van der Waals surface area contributed by atoms with Gasteiger partial charge in [0.05, 0.1) is 11.9 Å². The Morgan fingerprint density at radius 3 is 2.50 bits per heavy atom. The molecule has 0 aliphatic rings. The van der Waals surface area contributed by atoms with Crippen LogP contribution in [0.15, 0.2) is 70.8 Å². The van der Waals surface area contributed by atoms with E-state index in [0.717, 1.165) is 16.0 Å². The van der Waals surface area contributed by atoms with Crippen molar-refractivity contribution >= 4 is 21.6 Å². The Bertz CT molecular complexity index is 1070. The van der Waals surface area contributed by atoms with Gasteiger partial charge in [-0.3, -0.25) is 4.79 Å². The van der Waals surface area contributed by atoms with Gasteiger partial charge in [-0.05, 0) is 18.1 Å². The van der Waals surface area contributed by atoms with Crippen LogP contribution >= 0.6 is 11.3 Å². The molecule has 4 aromatic rings. The van der Waals surface area contributed by atoms with Crippen molar-refractivity contribution in [3.05, 3.63) is 87.8 Å². The van der Waals surface area contributed by atoms with E-state index in [1.807, 2.05) is 53.9 Å². The van der Waals surface area contributed by atoms with E-state index in [4.69, 9.17) is 0 Å². The smallest absolute Gasteiger partial charge is 0.260 e. The maximum Gasteiger partial charge on any atom is 0.260 e. The van der Waals surface area contributed by atoms with Crippen LogP contribution in [0.3, 0.4) is 0 Å². The van der Waals surface area contributed by atoms with Crippen molar-refractivity contribution in [1.29, 1.82) is 0 Å². The summed E-state index contributed by atoms with van der Waals surface area (Å²) in [5, 5.41) is 6.09. The largest absolute Gasteiger partial charge is 0.309 e. The molecule has 0 saturated carbocycles. The minimum atomic E-state index is -0.0840. The molecule has 0 aliphatic carbocycles. The van der Waals surface area contributed by atoms with Crippen LogP contribution in [-0.4, -0.2) is 9.97 Å². The molecular formula is C21H19N3OS. The Hall–Kier alpha value is -2.76. The normalized spacial score (nSPS) is 12.3. The van der Waals surface area contributed by atoms with Gasteiger partial charge >= 0.3 is 0 Å². The highest BCUT2D eigenvalue weighted by atomic mass is 32.1. The van der Waals surface area contributed by atoms with Gasteiger partial charge in [0, 0.05) is 17.0 Å². The van der Waals surface area contributed by atoms with Crippen LogP contribution < -0.4 is 10.9 Å². The predicted molar refractivity (Wildman–Crippen MR) is 107 cm³/mol. The number of fused-ring (bicyclic) bond motifs is 1. The lowest BCUT2D eigenvalue weighted by Crippen LogP contribution is -2.22. The summed E-state index contributed by atoms with van der Waals surface area (Å²) in [6, 6.07) is 20.4. The summed E-state index contributed by atoms with van der Waals surface area (Å²) in [4.78, 5) is 21.0. The van der Waals surface area contributed by atoms with Crippen LogP contribution in [0.1, 0.15) is 24.4 Å². The van der Waals surface area contributed by atoms with Crippen molar-refractivity contribution in [2.45, 2.75) is 19.5 Å². The molecule has 0 bridgehead atoms. The van der Waals surface area contributed by atoms with Crippen LogP contribution in [0.2, 0.25) is 0 Å². The first-order valence-corrected chi connectivity index (χ1v) is 9.44. The van der Waals surface area contributed by atoms with E-state index >= 15 is 0 Å². The average Bonchev–Trinajstić information content (AvgIpc) is 3.12. The molecule has 0 unspecified atom stereocenters. The third-order valence-corrected chi connectivity index (χ3v) is 5.33. The van der Waals surface area contributed by atoms with Crippen LogP contribution in [0, 0.1) is 0 Å². The number of hydrogen-bond donors (Lipinski definition) is 2.